The van der Waals surface area contributed by atoms with Crippen LogP contribution in [0, 0.1) is 12.8 Å². The number of benzene rings is 1. The molecule has 1 aliphatic carbocycles. The van der Waals surface area contributed by atoms with Gasteiger partial charge in [0.25, 0.3) is 0 Å². The molecule has 0 saturated heterocycles. The van der Waals surface area contributed by atoms with Gasteiger partial charge >= 0.3 is 6.18 Å². The summed E-state index contributed by atoms with van der Waals surface area (Å²) in [6, 6.07) is 4.81. The number of halogens is 3. The molecular formula is C19H22F3N3O. The van der Waals surface area contributed by atoms with Gasteiger partial charge in [0.2, 0.25) is 5.91 Å². The first kappa shape index (κ1) is 18.5. The Balaban J connectivity index is 1.80. The fourth-order valence-corrected chi connectivity index (χ4v) is 3.52. The van der Waals surface area contributed by atoms with Crippen molar-refractivity contribution < 1.29 is 18.0 Å². The van der Waals surface area contributed by atoms with E-state index in [0.29, 0.717) is 11.4 Å². The van der Waals surface area contributed by atoms with Crippen LogP contribution in [-0.2, 0) is 11.0 Å². The van der Waals surface area contributed by atoms with Gasteiger partial charge in [0, 0.05) is 17.2 Å². The molecule has 1 fully saturated rings. The van der Waals surface area contributed by atoms with E-state index in [-0.39, 0.29) is 17.9 Å². The first-order chi connectivity index (χ1) is 12.3. The Bertz CT molecular complexity index is 792. The maximum atomic E-state index is 12.9. The summed E-state index contributed by atoms with van der Waals surface area (Å²) in [6.07, 6.45) is 1.21. The molecular weight excluding hydrogens is 343 g/mol. The van der Waals surface area contributed by atoms with Gasteiger partial charge in [-0.3, -0.25) is 4.79 Å². The molecule has 0 spiro atoms. The SMILES string of the molecule is Cc1c([C@H](C)NC(=O)C2CCCC2)cnn1-c1cccc(C(F)(F)F)c1. The van der Waals surface area contributed by atoms with Crippen LogP contribution in [0.15, 0.2) is 30.5 Å². The highest BCUT2D eigenvalue weighted by molar-refractivity contribution is 5.79. The minimum Gasteiger partial charge on any atom is -0.349 e. The molecule has 0 radical (unpaired) electrons. The zero-order valence-corrected chi connectivity index (χ0v) is 14.8. The Morgan fingerprint density at radius 2 is 2.00 bits per heavy atom. The van der Waals surface area contributed by atoms with Gasteiger partial charge < -0.3 is 5.32 Å². The van der Waals surface area contributed by atoms with Crippen molar-refractivity contribution >= 4 is 5.91 Å². The second kappa shape index (κ2) is 7.13. The molecule has 1 amide bonds. The zero-order chi connectivity index (χ0) is 18.9. The van der Waals surface area contributed by atoms with E-state index in [0.717, 1.165) is 43.4 Å². The number of carbonyl (C=O) groups excluding carboxylic acids is 1. The maximum Gasteiger partial charge on any atom is 0.416 e. The molecule has 0 bridgehead atoms. The number of nitrogens with one attached hydrogen (secondary N) is 1. The second-order valence-corrected chi connectivity index (χ2v) is 6.86. The number of hydrogen-bond acceptors (Lipinski definition) is 2. The van der Waals surface area contributed by atoms with Gasteiger partial charge in [-0.15, -0.1) is 0 Å². The van der Waals surface area contributed by atoms with Crippen molar-refractivity contribution in [1.82, 2.24) is 15.1 Å². The van der Waals surface area contributed by atoms with E-state index in [2.05, 4.69) is 10.4 Å². The van der Waals surface area contributed by atoms with E-state index in [4.69, 9.17) is 0 Å². The Morgan fingerprint density at radius 1 is 1.31 bits per heavy atom. The average molecular weight is 365 g/mol. The number of carbonyl (C=O) groups is 1. The summed E-state index contributed by atoms with van der Waals surface area (Å²) in [5.41, 5.74) is 1.14. The van der Waals surface area contributed by atoms with Crippen molar-refractivity contribution in [2.24, 2.45) is 5.92 Å². The number of rotatable bonds is 4. The topological polar surface area (TPSA) is 46.9 Å². The fraction of sp³-hybridized carbons (Fsp3) is 0.474. The Morgan fingerprint density at radius 3 is 2.65 bits per heavy atom. The highest BCUT2D eigenvalue weighted by Crippen LogP contribution is 2.31. The first-order valence-electron chi connectivity index (χ1n) is 8.80. The Kier molecular flexibility index (Phi) is 5.07. The Hall–Kier alpha value is -2.31. The zero-order valence-electron chi connectivity index (χ0n) is 14.8. The van der Waals surface area contributed by atoms with Crippen LogP contribution < -0.4 is 5.32 Å². The fourth-order valence-electron chi connectivity index (χ4n) is 3.52. The van der Waals surface area contributed by atoms with Gasteiger partial charge in [0.1, 0.15) is 0 Å². The summed E-state index contributed by atoms with van der Waals surface area (Å²) >= 11 is 0. The van der Waals surface area contributed by atoms with E-state index in [1.807, 2.05) is 6.92 Å². The van der Waals surface area contributed by atoms with Crippen LogP contribution in [-0.4, -0.2) is 15.7 Å². The summed E-state index contributed by atoms with van der Waals surface area (Å²) in [7, 11) is 0. The molecule has 1 heterocycles. The van der Waals surface area contributed by atoms with Gasteiger partial charge in [0.05, 0.1) is 23.5 Å². The number of aromatic nitrogens is 2. The van der Waals surface area contributed by atoms with Crippen LogP contribution in [0.1, 0.15) is 55.5 Å². The van der Waals surface area contributed by atoms with Crippen LogP contribution in [0.5, 0.6) is 0 Å². The number of nitrogens with zero attached hydrogens (tertiary/aromatic N) is 2. The molecule has 140 valence electrons. The molecule has 0 aliphatic heterocycles. The van der Waals surface area contributed by atoms with Crippen LogP contribution in [0.3, 0.4) is 0 Å². The number of hydrogen-bond donors (Lipinski definition) is 1. The standard InChI is InChI=1S/C19H22F3N3O/c1-12(24-18(26)14-6-3-4-7-14)17-11-23-25(13(17)2)16-9-5-8-15(10-16)19(20,21)22/h5,8-12,14H,3-4,6-7H2,1-2H3,(H,24,26)/t12-/m0/s1. The van der Waals surface area contributed by atoms with E-state index in [1.165, 1.54) is 10.7 Å². The molecule has 4 nitrogen and oxygen atoms in total. The Labute approximate surface area is 150 Å². The lowest BCUT2D eigenvalue weighted by Crippen LogP contribution is -2.31. The summed E-state index contributed by atoms with van der Waals surface area (Å²) < 4.78 is 40.3. The minimum absolute atomic E-state index is 0.0428. The first-order valence-corrected chi connectivity index (χ1v) is 8.80. The molecule has 1 aromatic carbocycles. The van der Waals surface area contributed by atoms with E-state index in [1.54, 1.807) is 19.2 Å². The van der Waals surface area contributed by atoms with Crippen LogP contribution in [0.4, 0.5) is 13.2 Å². The highest BCUT2D eigenvalue weighted by Gasteiger charge is 2.31. The quantitative estimate of drug-likeness (QED) is 0.863. The number of amides is 1. The van der Waals surface area contributed by atoms with Crippen LogP contribution >= 0.6 is 0 Å². The largest absolute Gasteiger partial charge is 0.416 e. The predicted molar refractivity (Wildman–Crippen MR) is 91.8 cm³/mol. The van der Waals surface area contributed by atoms with Gasteiger partial charge in [0.15, 0.2) is 0 Å². The van der Waals surface area contributed by atoms with Gasteiger partial charge in [-0.1, -0.05) is 18.9 Å². The lowest BCUT2D eigenvalue weighted by molar-refractivity contribution is -0.137. The molecule has 1 aliphatic rings. The van der Waals surface area contributed by atoms with Gasteiger partial charge in [-0.25, -0.2) is 4.68 Å². The molecule has 26 heavy (non-hydrogen) atoms. The van der Waals surface area contributed by atoms with E-state index in [9.17, 15) is 18.0 Å². The normalized spacial score (nSPS) is 16.7. The monoisotopic (exact) mass is 365 g/mol. The van der Waals surface area contributed by atoms with Gasteiger partial charge in [-0.05, 0) is 44.9 Å². The highest BCUT2D eigenvalue weighted by atomic mass is 19.4. The third-order valence-electron chi connectivity index (χ3n) is 5.02. The molecule has 1 aromatic heterocycles. The number of alkyl halides is 3. The molecule has 3 rings (SSSR count). The van der Waals surface area contributed by atoms with E-state index >= 15 is 0 Å². The van der Waals surface area contributed by atoms with Crippen LogP contribution in [0.2, 0.25) is 0 Å². The van der Waals surface area contributed by atoms with Gasteiger partial charge in [-0.2, -0.15) is 18.3 Å². The van der Waals surface area contributed by atoms with Crippen molar-refractivity contribution in [2.75, 3.05) is 0 Å². The third-order valence-corrected chi connectivity index (χ3v) is 5.02. The molecule has 0 unspecified atom stereocenters. The summed E-state index contributed by atoms with van der Waals surface area (Å²) in [6.45, 7) is 3.66. The smallest absolute Gasteiger partial charge is 0.349 e. The summed E-state index contributed by atoms with van der Waals surface area (Å²) in [5, 5.41) is 7.24. The molecule has 7 heteroatoms. The van der Waals surface area contributed by atoms with Crippen molar-refractivity contribution in [3.8, 4) is 5.69 Å². The predicted octanol–water partition coefficient (Wildman–Crippen LogP) is 4.57. The molecule has 1 saturated carbocycles. The molecule has 1 N–H and O–H groups in total. The molecule has 2 aromatic rings. The third kappa shape index (κ3) is 3.76. The second-order valence-electron chi connectivity index (χ2n) is 6.86. The average Bonchev–Trinajstić information content (AvgIpc) is 3.23. The van der Waals surface area contributed by atoms with Crippen molar-refractivity contribution in [3.63, 3.8) is 0 Å². The summed E-state index contributed by atoms with van der Waals surface area (Å²) in [4.78, 5) is 12.3. The lowest BCUT2D eigenvalue weighted by Gasteiger charge is -2.17. The maximum absolute atomic E-state index is 12.9. The lowest BCUT2D eigenvalue weighted by atomic mass is 10.1. The van der Waals surface area contributed by atoms with Crippen molar-refractivity contribution in [3.05, 3.63) is 47.3 Å². The molecule has 1 atom stereocenters. The van der Waals surface area contributed by atoms with Crippen LogP contribution in [0.25, 0.3) is 5.69 Å². The van der Waals surface area contributed by atoms with Crippen molar-refractivity contribution in [2.45, 2.75) is 51.7 Å². The minimum atomic E-state index is -4.40. The van der Waals surface area contributed by atoms with Crippen molar-refractivity contribution in [1.29, 1.82) is 0 Å². The summed E-state index contributed by atoms with van der Waals surface area (Å²) in [5.74, 6) is 0.109. The van der Waals surface area contributed by atoms with E-state index < -0.39 is 11.7 Å².